The fourth-order valence-electron chi connectivity index (χ4n) is 3.92. The van der Waals surface area contributed by atoms with Gasteiger partial charge in [-0.2, -0.15) is 0 Å². The molecule has 0 atom stereocenters. The van der Waals surface area contributed by atoms with Crippen molar-refractivity contribution in [2.45, 2.75) is 39.5 Å². The van der Waals surface area contributed by atoms with Crippen LogP contribution in [0.1, 0.15) is 50.7 Å². The van der Waals surface area contributed by atoms with Crippen molar-refractivity contribution in [3.8, 4) is 28.1 Å². The molecule has 0 spiro atoms. The predicted molar refractivity (Wildman–Crippen MR) is 121 cm³/mol. The van der Waals surface area contributed by atoms with Gasteiger partial charge in [-0.05, 0) is 35.1 Å². The maximum atomic E-state index is 14.4. The Morgan fingerprint density at radius 1 is 0.871 bits per heavy atom. The number of aromatic nitrogens is 2. The number of nitrogens with zero attached hydrogens (tertiary/aromatic N) is 2. The Hall–Kier alpha value is -2.55. The van der Waals surface area contributed by atoms with Crippen LogP contribution in [-0.2, 0) is 20.1 Å². The van der Waals surface area contributed by atoms with Crippen molar-refractivity contribution in [1.29, 1.82) is 0 Å². The van der Waals surface area contributed by atoms with Gasteiger partial charge in [-0.3, -0.25) is 9.07 Å². The summed E-state index contributed by atoms with van der Waals surface area (Å²) in [6.45, 7) is 8.71. The molecule has 31 heavy (non-hydrogen) atoms. The van der Waals surface area contributed by atoms with Crippen LogP contribution in [0.4, 0.5) is 4.39 Å². The molecule has 1 radical (unpaired) electrons. The maximum absolute atomic E-state index is 14.4. The monoisotopic (exact) mass is 590 g/mol. The second-order valence-electron chi connectivity index (χ2n) is 8.21. The SMILES string of the molecule is CC(C)c1cccc(C(C)C)c1-c1cc(F)c[c-]c1-c1ccn(-c2ccccc2)n1.[Ir]. The maximum Gasteiger partial charge on any atom is 0.0636 e. The third-order valence-electron chi connectivity index (χ3n) is 5.41. The van der Waals surface area contributed by atoms with Crippen LogP contribution in [0.15, 0.2) is 72.9 Å². The van der Waals surface area contributed by atoms with Crippen LogP contribution >= 0.6 is 0 Å². The molecule has 1 aromatic heterocycles. The molecule has 0 saturated carbocycles. The average molecular weight is 590 g/mol. The Kier molecular flexibility index (Phi) is 7.25. The molecular weight excluding hydrogens is 564 g/mol. The molecule has 1 heterocycles. The van der Waals surface area contributed by atoms with Crippen molar-refractivity contribution >= 4 is 0 Å². The number of para-hydroxylation sites is 1. The van der Waals surface area contributed by atoms with Crippen LogP contribution in [0.5, 0.6) is 0 Å². The summed E-state index contributed by atoms with van der Waals surface area (Å²) in [6.07, 6.45) is 1.93. The quantitative estimate of drug-likeness (QED) is 0.222. The van der Waals surface area contributed by atoms with E-state index in [2.05, 4.69) is 52.0 Å². The molecule has 0 aliphatic carbocycles. The van der Waals surface area contributed by atoms with Gasteiger partial charge >= 0.3 is 0 Å². The molecule has 0 aliphatic rings. The first-order valence-electron chi connectivity index (χ1n) is 10.4. The Bertz CT molecular complexity index is 1140. The standard InChI is InChI=1S/C27H26FN2.Ir/c1-18(2)22-11-8-12-23(19(3)4)27(22)25-17-20(28)13-14-24(25)26-15-16-30(29-26)21-9-6-5-7-10-21;/h5-13,15-19H,1-4H3;/q-1;. The number of benzene rings is 3. The second-order valence-corrected chi connectivity index (χ2v) is 8.21. The van der Waals surface area contributed by atoms with Crippen LogP contribution in [0.3, 0.4) is 0 Å². The molecule has 4 rings (SSSR count). The van der Waals surface area contributed by atoms with E-state index in [0.29, 0.717) is 11.8 Å². The van der Waals surface area contributed by atoms with Gasteiger partial charge in [0, 0.05) is 37.8 Å². The average Bonchev–Trinajstić information content (AvgIpc) is 3.23. The zero-order valence-corrected chi connectivity index (χ0v) is 20.6. The number of hydrogen-bond acceptors (Lipinski definition) is 1. The topological polar surface area (TPSA) is 17.8 Å². The van der Waals surface area contributed by atoms with Gasteiger partial charge in [0.2, 0.25) is 0 Å². The van der Waals surface area contributed by atoms with E-state index in [0.717, 1.165) is 28.1 Å². The van der Waals surface area contributed by atoms with Gasteiger partial charge in [0.05, 0.1) is 5.69 Å². The van der Waals surface area contributed by atoms with Crippen LogP contribution in [0, 0.1) is 11.9 Å². The molecule has 4 aromatic rings. The minimum atomic E-state index is -0.287. The molecular formula is C27H26FIrN2-. The summed E-state index contributed by atoms with van der Waals surface area (Å²) in [5.41, 5.74) is 6.96. The van der Waals surface area contributed by atoms with Gasteiger partial charge in [-0.1, -0.05) is 81.3 Å². The molecule has 0 amide bonds. The molecule has 4 heteroatoms. The summed E-state index contributed by atoms with van der Waals surface area (Å²) in [7, 11) is 0. The fraction of sp³-hybridized carbons (Fsp3) is 0.222. The van der Waals surface area contributed by atoms with Crippen molar-refractivity contribution in [3.63, 3.8) is 0 Å². The number of rotatable bonds is 5. The Morgan fingerprint density at radius 3 is 2.13 bits per heavy atom. The first kappa shape index (κ1) is 23.1. The third-order valence-corrected chi connectivity index (χ3v) is 5.41. The van der Waals surface area contributed by atoms with Gasteiger partial charge in [0.1, 0.15) is 0 Å². The molecule has 161 valence electrons. The molecule has 2 nitrogen and oxygen atoms in total. The van der Waals surface area contributed by atoms with Gasteiger partial charge in [0.15, 0.2) is 0 Å². The molecule has 0 unspecified atom stereocenters. The first-order chi connectivity index (χ1) is 14.5. The van der Waals surface area contributed by atoms with E-state index in [4.69, 9.17) is 5.10 Å². The van der Waals surface area contributed by atoms with Gasteiger partial charge in [0.25, 0.3) is 0 Å². The molecule has 0 aliphatic heterocycles. The summed E-state index contributed by atoms with van der Waals surface area (Å²) in [6, 6.07) is 24.5. The van der Waals surface area contributed by atoms with E-state index < -0.39 is 0 Å². The summed E-state index contributed by atoms with van der Waals surface area (Å²) in [5, 5.41) is 4.78. The molecule has 0 saturated heterocycles. The van der Waals surface area contributed by atoms with E-state index >= 15 is 0 Å². The van der Waals surface area contributed by atoms with Crippen molar-refractivity contribution in [2.24, 2.45) is 0 Å². The van der Waals surface area contributed by atoms with Gasteiger partial charge in [-0.25, -0.2) is 5.10 Å². The zero-order valence-electron chi connectivity index (χ0n) is 18.2. The Labute approximate surface area is 197 Å². The largest absolute Gasteiger partial charge is 0.265 e. The summed E-state index contributed by atoms with van der Waals surface area (Å²) in [4.78, 5) is 0. The van der Waals surface area contributed by atoms with Crippen LogP contribution in [-0.4, -0.2) is 9.78 Å². The number of halogens is 1. The van der Waals surface area contributed by atoms with E-state index in [9.17, 15) is 4.39 Å². The third kappa shape index (κ3) is 4.71. The summed E-state index contributed by atoms with van der Waals surface area (Å²) < 4.78 is 16.3. The zero-order chi connectivity index (χ0) is 21.3. The molecule has 0 N–H and O–H groups in total. The predicted octanol–water partition coefficient (Wildman–Crippen LogP) is 7.39. The Morgan fingerprint density at radius 2 is 1.52 bits per heavy atom. The van der Waals surface area contributed by atoms with Crippen molar-refractivity contribution < 1.29 is 24.5 Å². The van der Waals surface area contributed by atoms with E-state index in [1.165, 1.54) is 17.2 Å². The molecule has 3 aromatic carbocycles. The van der Waals surface area contributed by atoms with E-state index in [1.54, 1.807) is 6.07 Å². The fourth-order valence-corrected chi connectivity index (χ4v) is 3.92. The second kappa shape index (κ2) is 9.72. The van der Waals surface area contributed by atoms with Crippen molar-refractivity contribution in [3.05, 3.63) is 95.9 Å². The Balaban J connectivity index is 0.00000272. The van der Waals surface area contributed by atoms with Crippen LogP contribution in [0.25, 0.3) is 28.1 Å². The minimum Gasteiger partial charge on any atom is -0.265 e. The smallest absolute Gasteiger partial charge is 0.0636 e. The number of hydrogen-bond donors (Lipinski definition) is 0. The van der Waals surface area contributed by atoms with Gasteiger partial charge in [-0.15, -0.1) is 23.8 Å². The summed E-state index contributed by atoms with van der Waals surface area (Å²) >= 11 is 0. The first-order valence-corrected chi connectivity index (χ1v) is 10.4. The van der Waals surface area contributed by atoms with Crippen molar-refractivity contribution in [2.75, 3.05) is 0 Å². The van der Waals surface area contributed by atoms with Crippen molar-refractivity contribution in [1.82, 2.24) is 9.78 Å². The normalized spacial score (nSPS) is 11.1. The van der Waals surface area contributed by atoms with E-state index in [1.807, 2.05) is 47.3 Å². The molecule has 0 fully saturated rings. The van der Waals surface area contributed by atoms with E-state index in [-0.39, 0.29) is 25.9 Å². The molecule has 0 bridgehead atoms. The van der Waals surface area contributed by atoms with Crippen LogP contribution < -0.4 is 0 Å². The van der Waals surface area contributed by atoms with Gasteiger partial charge < -0.3 is 0 Å². The van der Waals surface area contributed by atoms with Crippen LogP contribution in [0.2, 0.25) is 0 Å². The summed E-state index contributed by atoms with van der Waals surface area (Å²) in [5.74, 6) is 0.345. The minimum absolute atomic E-state index is 0.